The molecule has 0 amide bonds. The normalized spacial score (nSPS) is 26.1. The molecule has 0 aromatic carbocycles. The molecule has 0 spiro atoms. The average molecular weight is 150 g/mol. The van der Waals surface area contributed by atoms with Crippen molar-refractivity contribution in [3.05, 3.63) is 24.0 Å². The summed E-state index contributed by atoms with van der Waals surface area (Å²) in [6.45, 7) is 0. The number of nitrogens with zero attached hydrogens (tertiary/aromatic N) is 2. The van der Waals surface area contributed by atoms with Crippen molar-refractivity contribution in [2.75, 3.05) is 7.11 Å². The van der Waals surface area contributed by atoms with Gasteiger partial charge in [0.1, 0.15) is 11.0 Å². The van der Waals surface area contributed by atoms with E-state index in [0.717, 1.165) is 11.5 Å². The van der Waals surface area contributed by atoms with E-state index in [-0.39, 0.29) is 6.04 Å². The molecule has 0 bridgehead atoms. The predicted molar refractivity (Wildman–Crippen MR) is 38.8 cm³/mol. The maximum atomic E-state index is 5.02. The molecule has 0 saturated carbocycles. The van der Waals surface area contributed by atoms with Crippen LogP contribution >= 0.6 is 0 Å². The summed E-state index contributed by atoms with van der Waals surface area (Å²) in [5, 5.41) is 10.4. The number of allylic oxidation sites excluding steroid dienone is 1. The highest BCUT2D eigenvalue weighted by Crippen LogP contribution is 2.08. The molecule has 0 fully saturated rings. The molecule has 0 aromatic rings. The highest BCUT2D eigenvalue weighted by Gasteiger charge is 2.26. The Morgan fingerprint density at radius 2 is 2.55 bits per heavy atom. The van der Waals surface area contributed by atoms with Crippen LogP contribution in [-0.2, 0) is 4.74 Å². The minimum Gasteiger partial charge on any atom is -0.497 e. The van der Waals surface area contributed by atoms with Crippen LogP contribution in [0.25, 0.3) is 0 Å². The van der Waals surface area contributed by atoms with Gasteiger partial charge in [0.05, 0.1) is 12.2 Å². The van der Waals surface area contributed by atoms with Crippen LogP contribution in [0.1, 0.15) is 0 Å². The molecule has 1 atom stereocenters. The van der Waals surface area contributed by atoms with E-state index in [0.29, 0.717) is 0 Å². The van der Waals surface area contributed by atoms with E-state index >= 15 is 0 Å². The standard InChI is InChI=1S/C7H7N3O/c1-11-5-2-3-6-7(4-5)9-10-8-6/h2-4,6H,1H3/p+1. The quantitative estimate of drug-likeness (QED) is 0.531. The summed E-state index contributed by atoms with van der Waals surface area (Å²) in [6.07, 6.45) is 5.74. The predicted octanol–water partition coefficient (Wildman–Crippen LogP) is -0.642. The van der Waals surface area contributed by atoms with E-state index in [9.17, 15) is 0 Å². The van der Waals surface area contributed by atoms with E-state index < -0.39 is 0 Å². The van der Waals surface area contributed by atoms with Crippen molar-refractivity contribution in [1.29, 1.82) is 0 Å². The molecule has 1 aliphatic carbocycles. The van der Waals surface area contributed by atoms with Gasteiger partial charge in [0, 0.05) is 6.08 Å². The maximum absolute atomic E-state index is 5.02. The first-order valence-corrected chi connectivity index (χ1v) is 3.37. The second-order valence-corrected chi connectivity index (χ2v) is 2.34. The Bertz CT molecular complexity index is 288. The van der Waals surface area contributed by atoms with Crippen molar-refractivity contribution >= 4 is 5.71 Å². The topological polar surface area (TPSA) is 47.9 Å². The van der Waals surface area contributed by atoms with Gasteiger partial charge in [0.2, 0.25) is 11.8 Å². The highest BCUT2D eigenvalue weighted by atomic mass is 16.5. The SMILES string of the molecule is COC1=CC2=NN=[NH+]C2C=C1. The van der Waals surface area contributed by atoms with Crippen molar-refractivity contribution < 1.29 is 9.85 Å². The first-order valence-electron chi connectivity index (χ1n) is 3.37. The lowest BCUT2D eigenvalue weighted by Gasteiger charge is -2.04. The fourth-order valence-corrected chi connectivity index (χ4v) is 1.05. The Hall–Kier alpha value is -1.45. The zero-order valence-corrected chi connectivity index (χ0v) is 6.11. The van der Waals surface area contributed by atoms with Crippen molar-refractivity contribution in [3.8, 4) is 0 Å². The Kier molecular flexibility index (Phi) is 1.31. The lowest BCUT2D eigenvalue weighted by atomic mass is 10.1. The molecular formula is C7H8N3O+. The third kappa shape index (κ3) is 0.960. The largest absolute Gasteiger partial charge is 0.497 e. The first kappa shape index (κ1) is 6.27. The fourth-order valence-electron chi connectivity index (χ4n) is 1.05. The third-order valence-electron chi connectivity index (χ3n) is 1.66. The molecular weight excluding hydrogens is 142 g/mol. The van der Waals surface area contributed by atoms with E-state index in [1.54, 1.807) is 7.11 Å². The molecule has 1 unspecified atom stereocenters. The summed E-state index contributed by atoms with van der Waals surface area (Å²) >= 11 is 0. The molecule has 0 radical (unpaired) electrons. The smallest absolute Gasteiger partial charge is 0.234 e. The monoisotopic (exact) mass is 150 g/mol. The minimum atomic E-state index is 0.147. The summed E-state index contributed by atoms with van der Waals surface area (Å²) in [7, 11) is 1.64. The van der Waals surface area contributed by atoms with Gasteiger partial charge in [-0.2, -0.15) is 5.11 Å². The van der Waals surface area contributed by atoms with Crippen LogP contribution in [0.5, 0.6) is 0 Å². The van der Waals surface area contributed by atoms with Gasteiger partial charge in [-0.15, -0.1) is 0 Å². The average Bonchev–Trinajstić information content (AvgIpc) is 2.50. The lowest BCUT2D eigenvalue weighted by molar-refractivity contribution is -0.537. The van der Waals surface area contributed by atoms with E-state index in [4.69, 9.17) is 4.74 Å². The number of hydrogen-bond acceptors (Lipinski definition) is 3. The minimum absolute atomic E-state index is 0.147. The number of hydrogen-bond donors (Lipinski definition) is 1. The molecule has 0 aromatic heterocycles. The Morgan fingerprint density at radius 1 is 1.64 bits per heavy atom. The van der Waals surface area contributed by atoms with Crippen molar-refractivity contribution in [1.82, 2.24) is 0 Å². The summed E-state index contributed by atoms with van der Waals surface area (Å²) in [4.78, 5) is 0. The fraction of sp³-hybridized carbons (Fsp3) is 0.286. The Morgan fingerprint density at radius 3 is 3.36 bits per heavy atom. The van der Waals surface area contributed by atoms with Gasteiger partial charge in [-0.05, 0) is 12.2 Å². The number of fused-ring (bicyclic) bond motifs is 1. The number of ether oxygens (including phenoxy) is 1. The summed E-state index contributed by atoms with van der Waals surface area (Å²) < 4.78 is 5.02. The zero-order valence-electron chi connectivity index (χ0n) is 6.11. The lowest BCUT2D eigenvalue weighted by Crippen LogP contribution is -2.73. The van der Waals surface area contributed by atoms with Gasteiger partial charge in [0.25, 0.3) is 0 Å². The van der Waals surface area contributed by atoms with Crippen molar-refractivity contribution in [3.63, 3.8) is 0 Å². The number of nitrogens with one attached hydrogen (secondary N) is 1. The van der Waals surface area contributed by atoms with E-state index in [2.05, 4.69) is 15.4 Å². The number of rotatable bonds is 1. The van der Waals surface area contributed by atoms with Crippen LogP contribution in [0, 0.1) is 0 Å². The van der Waals surface area contributed by atoms with Crippen LogP contribution in [-0.4, -0.2) is 18.9 Å². The molecule has 1 N–H and O–H groups in total. The van der Waals surface area contributed by atoms with Gasteiger partial charge in [0.15, 0.2) is 0 Å². The first-order chi connectivity index (χ1) is 5.40. The molecule has 56 valence electrons. The van der Waals surface area contributed by atoms with Gasteiger partial charge in [-0.25, -0.2) is 0 Å². The summed E-state index contributed by atoms with van der Waals surface area (Å²) in [5.41, 5.74) is 0.907. The van der Waals surface area contributed by atoms with Crippen LogP contribution in [0.4, 0.5) is 0 Å². The molecule has 2 aliphatic rings. The molecule has 4 nitrogen and oxygen atoms in total. The third-order valence-corrected chi connectivity index (χ3v) is 1.66. The van der Waals surface area contributed by atoms with Crippen LogP contribution in [0.2, 0.25) is 0 Å². The van der Waals surface area contributed by atoms with Crippen molar-refractivity contribution in [2.45, 2.75) is 6.04 Å². The molecule has 0 saturated heterocycles. The highest BCUT2D eigenvalue weighted by molar-refractivity contribution is 6.01. The summed E-state index contributed by atoms with van der Waals surface area (Å²) in [5.74, 6) is 0.818. The molecule has 2 rings (SSSR count). The molecule has 11 heavy (non-hydrogen) atoms. The second-order valence-electron chi connectivity index (χ2n) is 2.34. The summed E-state index contributed by atoms with van der Waals surface area (Å²) in [6, 6.07) is 0.147. The van der Waals surface area contributed by atoms with Crippen LogP contribution in [0.3, 0.4) is 0 Å². The van der Waals surface area contributed by atoms with Gasteiger partial charge in [-0.3, -0.25) is 0 Å². The maximum Gasteiger partial charge on any atom is 0.234 e. The Balaban J connectivity index is 2.29. The van der Waals surface area contributed by atoms with Crippen LogP contribution in [0.15, 0.2) is 34.3 Å². The van der Waals surface area contributed by atoms with Crippen molar-refractivity contribution in [2.24, 2.45) is 10.3 Å². The van der Waals surface area contributed by atoms with Crippen LogP contribution < -0.4 is 5.11 Å². The van der Waals surface area contributed by atoms with Gasteiger partial charge < -0.3 is 4.74 Å². The molecule has 1 aliphatic heterocycles. The van der Waals surface area contributed by atoms with Gasteiger partial charge in [-0.1, -0.05) is 0 Å². The molecule has 1 heterocycles. The van der Waals surface area contributed by atoms with Gasteiger partial charge >= 0.3 is 0 Å². The molecule has 4 heteroatoms. The van der Waals surface area contributed by atoms with E-state index in [1.165, 1.54) is 0 Å². The second kappa shape index (κ2) is 2.30. The van der Waals surface area contributed by atoms with E-state index in [1.807, 2.05) is 18.2 Å². The zero-order chi connectivity index (χ0) is 7.68. The number of methoxy groups -OCH3 is 1. The Labute approximate surface area is 64.0 Å².